The molecular weight excluding hydrogens is 244 g/mol. The monoisotopic (exact) mass is 270 g/mol. The zero-order chi connectivity index (χ0) is 14.1. The van der Waals surface area contributed by atoms with E-state index in [1.165, 1.54) is 0 Å². The molecule has 0 saturated carbocycles. The molecule has 0 radical (unpaired) electrons. The molecule has 19 heavy (non-hydrogen) atoms. The van der Waals surface area contributed by atoms with Crippen LogP contribution < -0.4 is 5.73 Å². The van der Waals surface area contributed by atoms with Crippen LogP contribution in [0.4, 0.5) is 0 Å². The second-order valence-electron chi connectivity index (χ2n) is 4.50. The van der Waals surface area contributed by atoms with E-state index < -0.39 is 0 Å². The van der Waals surface area contributed by atoms with Crippen LogP contribution in [0.25, 0.3) is 0 Å². The van der Waals surface area contributed by atoms with E-state index in [9.17, 15) is 0 Å². The highest BCUT2D eigenvalue weighted by Gasteiger charge is 2.16. The number of ether oxygens (including phenoxy) is 1. The molecule has 0 aromatic carbocycles. The standard InChI is InChI=1S/C13H26N4O2/c1-4-8-18-9-7-12-15-13(16-19-12)11(14)10-17(5-2)6-3/h11H,4-10,14H2,1-3H3. The number of aromatic nitrogens is 2. The third kappa shape index (κ3) is 5.67. The van der Waals surface area contributed by atoms with Gasteiger partial charge in [-0.05, 0) is 19.5 Å². The van der Waals surface area contributed by atoms with Gasteiger partial charge in [0.25, 0.3) is 0 Å². The first-order chi connectivity index (χ1) is 9.21. The number of rotatable bonds is 10. The molecule has 6 heteroatoms. The van der Waals surface area contributed by atoms with Gasteiger partial charge in [-0.15, -0.1) is 0 Å². The number of nitrogens with two attached hydrogens (primary N) is 1. The first-order valence-electron chi connectivity index (χ1n) is 7.09. The predicted molar refractivity (Wildman–Crippen MR) is 73.8 cm³/mol. The van der Waals surface area contributed by atoms with E-state index in [4.69, 9.17) is 15.0 Å². The van der Waals surface area contributed by atoms with E-state index in [1.54, 1.807) is 0 Å². The Balaban J connectivity index is 2.40. The maximum atomic E-state index is 6.08. The second kappa shape index (κ2) is 9.01. The van der Waals surface area contributed by atoms with Crippen LogP contribution in [0.1, 0.15) is 44.9 Å². The van der Waals surface area contributed by atoms with Crippen LogP contribution in [0.15, 0.2) is 4.52 Å². The second-order valence-corrected chi connectivity index (χ2v) is 4.50. The Kier molecular flexibility index (Phi) is 7.62. The Labute approximate surface area is 115 Å². The molecule has 0 fully saturated rings. The normalized spacial score (nSPS) is 13.1. The van der Waals surface area contributed by atoms with Crippen molar-refractivity contribution >= 4 is 0 Å². The van der Waals surface area contributed by atoms with Crippen molar-refractivity contribution < 1.29 is 9.26 Å². The highest BCUT2D eigenvalue weighted by molar-refractivity contribution is 4.94. The molecule has 0 aliphatic rings. The largest absolute Gasteiger partial charge is 0.381 e. The number of nitrogens with zero attached hydrogens (tertiary/aromatic N) is 3. The van der Waals surface area contributed by atoms with Gasteiger partial charge in [-0.1, -0.05) is 25.9 Å². The van der Waals surface area contributed by atoms with Crippen molar-refractivity contribution in [2.45, 2.75) is 39.7 Å². The maximum absolute atomic E-state index is 6.08. The van der Waals surface area contributed by atoms with Gasteiger partial charge >= 0.3 is 0 Å². The molecule has 110 valence electrons. The van der Waals surface area contributed by atoms with Crippen LogP contribution >= 0.6 is 0 Å². The SMILES string of the molecule is CCCOCCc1nc(C(N)CN(CC)CC)no1. The van der Waals surface area contributed by atoms with Crippen molar-refractivity contribution in [1.29, 1.82) is 0 Å². The summed E-state index contributed by atoms with van der Waals surface area (Å²) in [7, 11) is 0. The van der Waals surface area contributed by atoms with Crippen LogP contribution in [0.2, 0.25) is 0 Å². The summed E-state index contributed by atoms with van der Waals surface area (Å²) in [5.41, 5.74) is 6.08. The summed E-state index contributed by atoms with van der Waals surface area (Å²) in [5, 5.41) is 3.94. The minimum Gasteiger partial charge on any atom is -0.381 e. The number of hydrogen-bond donors (Lipinski definition) is 1. The van der Waals surface area contributed by atoms with Gasteiger partial charge in [-0.3, -0.25) is 0 Å². The summed E-state index contributed by atoms with van der Waals surface area (Å²) < 4.78 is 10.6. The Bertz CT molecular complexity index is 339. The summed E-state index contributed by atoms with van der Waals surface area (Å²) in [6, 6.07) is -0.200. The van der Waals surface area contributed by atoms with Crippen molar-refractivity contribution in [3.05, 3.63) is 11.7 Å². The molecule has 1 atom stereocenters. The minimum absolute atomic E-state index is 0.200. The minimum atomic E-state index is -0.200. The molecule has 0 spiro atoms. The van der Waals surface area contributed by atoms with Gasteiger partial charge in [-0.2, -0.15) is 4.98 Å². The van der Waals surface area contributed by atoms with E-state index >= 15 is 0 Å². The van der Waals surface area contributed by atoms with Gasteiger partial charge < -0.3 is 19.9 Å². The fourth-order valence-electron chi connectivity index (χ4n) is 1.77. The van der Waals surface area contributed by atoms with Crippen molar-refractivity contribution in [1.82, 2.24) is 15.0 Å². The van der Waals surface area contributed by atoms with E-state index in [-0.39, 0.29) is 6.04 Å². The number of likely N-dealkylation sites (N-methyl/N-ethyl adjacent to an activating group) is 1. The smallest absolute Gasteiger partial charge is 0.229 e. The summed E-state index contributed by atoms with van der Waals surface area (Å²) in [4.78, 5) is 6.56. The zero-order valence-corrected chi connectivity index (χ0v) is 12.3. The molecule has 1 aromatic heterocycles. The third-order valence-electron chi connectivity index (χ3n) is 2.97. The van der Waals surface area contributed by atoms with Crippen molar-refractivity contribution in [2.75, 3.05) is 32.8 Å². The first-order valence-corrected chi connectivity index (χ1v) is 7.09. The summed E-state index contributed by atoms with van der Waals surface area (Å²) in [6.07, 6.45) is 1.66. The third-order valence-corrected chi connectivity index (χ3v) is 2.97. The Morgan fingerprint density at radius 1 is 1.26 bits per heavy atom. The first kappa shape index (κ1) is 16.1. The molecule has 0 amide bonds. The molecule has 6 nitrogen and oxygen atoms in total. The molecule has 0 aliphatic heterocycles. The van der Waals surface area contributed by atoms with Gasteiger partial charge in [0.1, 0.15) is 0 Å². The molecule has 2 N–H and O–H groups in total. The lowest BCUT2D eigenvalue weighted by molar-refractivity contribution is 0.132. The van der Waals surface area contributed by atoms with E-state index in [2.05, 4.69) is 35.8 Å². The van der Waals surface area contributed by atoms with Crippen molar-refractivity contribution in [2.24, 2.45) is 5.73 Å². The summed E-state index contributed by atoms with van der Waals surface area (Å²) >= 11 is 0. The van der Waals surface area contributed by atoms with E-state index in [0.717, 1.165) is 32.7 Å². The average molecular weight is 270 g/mol. The molecule has 0 bridgehead atoms. The lowest BCUT2D eigenvalue weighted by Gasteiger charge is -2.20. The Hall–Kier alpha value is -0.980. The van der Waals surface area contributed by atoms with E-state index in [0.29, 0.717) is 24.7 Å². The summed E-state index contributed by atoms with van der Waals surface area (Å²) in [6.45, 7) is 10.4. The van der Waals surface area contributed by atoms with Crippen LogP contribution in [-0.4, -0.2) is 47.9 Å². The average Bonchev–Trinajstić information content (AvgIpc) is 2.89. The zero-order valence-electron chi connectivity index (χ0n) is 12.3. The van der Waals surface area contributed by atoms with Crippen LogP contribution in [0.3, 0.4) is 0 Å². The fourth-order valence-corrected chi connectivity index (χ4v) is 1.77. The van der Waals surface area contributed by atoms with Crippen LogP contribution in [-0.2, 0) is 11.2 Å². The molecular formula is C13H26N4O2. The van der Waals surface area contributed by atoms with Crippen molar-refractivity contribution in [3.63, 3.8) is 0 Å². The molecule has 0 saturated heterocycles. The molecule has 1 heterocycles. The topological polar surface area (TPSA) is 77.4 Å². The van der Waals surface area contributed by atoms with Gasteiger partial charge in [0, 0.05) is 13.2 Å². The van der Waals surface area contributed by atoms with Gasteiger partial charge in [0.2, 0.25) is 5.89 Å². The lowest BCUT2D eigenvalue weighted by Crippen LogP contribution is -2.32. The Morgan fingerprint density at radius 2 is 2.00 bits per heavy atom. The number of hydrogen-bond acceptors (Lipinski definition) is 6. The van der Waals surface area contributed by atoms with Crippen LogP contribution in [0, 0.1) is 0 Å². The molecule has 1 unspecified atom stereocenters. The quantitative estimate of drug-likeness (QED) is 0.647. The van der Waals surface area contributed by atoms with Gasteiger partial charge in [-0.25, -0.2) is 0 Å². The van der Waals surface area contributed by atoms with Crippen molar-refractivity contribution in [3.8, 4) is 0 Å². The van der Waals surface area contributed by atoms with E-state index in [1.807, 2.05) is 0 Å². The molecule has 1 aromatic rings. The predicted octanol–water partition coefficient (Wildman–Crippen LogP) is 1.38. The van der Waals surface area contributed by atoms with Gasteiger partial charge in [0.15, 0.2) is 5.82 Å². The fraction of sp³-hybridized carbons (Fsp3) is 0.846. The van der Waals surface area contributed by atoms with Crippen LogP contribution in [0.5, 0.6) is 0 Å². The Morgan fingerprint density at radius 3 is 2.63 bits per heavy atom. The maximum Gasteiger partial charge on any atom is 0.229 e. The highest BCUT2D eigenvalue weighted by Crippen LogP contribution is 2.09. The lowest BCUT2D eigenvalue weighted by atomic mass is 10.2. The summed E-state index contributed by atoms with van der Waals surface area (Å²) in [5.74, 6) is 1.18. The molecule has 1 rings (SSSR count). The molecule has 0 aliphatic carbocycles. The highest BCUT2D eigenvalue weighted by atomic mass is 16.5. The van der Waals surface area contributed by atoms with Gasteiger partial charge in [0.05, 0.1) is 19.1 Å².